The fourth-order valence-corrected chi connectivity index (χ4v) is 2.09. The molecule has 0 bridgehead atoms. The molecule has 1 aliphatic rings. The molecule has 2 rings (SSSR count). The molecule has 1 aromatic heterocycles. The molecule has 0 saturated carbocycles. The normalized spacial score (nSPS) is 19.7. The summed E-state index contributed by atoms with van der Waals surface area (Å²) < 4.78 is 6.67. The lowest BCUT2D eigenvalue weighted by Gasteiger charge is -2.14. The highest BCUT2D eigenvalue weighted by Crippen LogP contribution is 2.16. The third-order valence-electron chi connectivity index (χ3n) is 3.15. The van der Waals surface area contributed by atoms with Crippen LogP contribution in [0.1, 0.15) is 16.9 Å². The Hall–Kier alpha value is -1.56. The van der Waals surface area contributed by atoms with E-state index >= 15 is 0 Å². The number of nitrogens with one attached hydrogen (secondary N) is 1. The maximum Gasteiger partial charge on any atom is 0.274 e. The summed E-state index contributed by atoms with van der Waals surface area (Å²) in [6, 6.07) is 2.07. The maximum atomic E-state index is 12.2. The number of ether oxygens (including phenoxy) is 1. The molecular formula is C11H18N4O2. The second kappa shape index (κ2) is 4.75. The number of rotatable bonds is 3. The summed E-state index contributed by atoms with van der Waals surface area (Å²) in [6.45, 7) is 1.53. The lowest BCUT2D eigenvalue weighted by Crippen LogP contribution is -2.33. The van der Waals surface area contributed by atoms with Gasteiger partial charge in [-0.2, -0.15) is 5.10 Å². The predicted octanol–water partition coefficient (Wildman–Crippen LogP) is -0.137. The SMILES string of the molecule is CNC1CCN(C(=O)c2cc(OC)n(C)n2)C1. The van der Waals surface area contributed by atoms with Crippen molar-refractivity contribution >= 4 is 5.91 Å². The van der Waals surface area contributed by atoms with Gasteiger partial charge in [-0.05, 0) is 13.5 Å². The first kappa shape index (κ1) is 11.9. The minimum atomic E-state index is -0.0262. The Labute approximate surface area is 101 Å². The van der Waals surface area contributed by atoms with E-state index in [9.17, 15) is 4.79 Å². The highest BCUT2D eigenvalue weighted by Gasteiger charge is 2.27. The molecule has 6 nitrogen and oxygen atoms in total. The molecule has 1 aromatic rings. The summed E-state index contributed by atoms with van der Waals surface area (Å²) in [6.07, 6.45) is 0.992. The van der Waals surface area contributed by atoms with Gasteiger partial charge in [0.1, 0.15) is 0 Å². The van der Waals surface area contributed by atoms with Crippen molar-refractivity contribution in [3.8, 4) is 5.88 Å². The van der Waals surface area contributed by atoms with Crippen LogP contribution in [0.15, 0.2) is 6.07 Å². The zero-order valence-electron chi connectivity index (χ0n) is 10.4. The number of methoxy groups -OCH3 is 1. The van der Waals surface area contributed by atoms with Crippen LogP contribution < -0.4 is 10.1 Å². The standard InChI is InChI=1S/C11H18N4O2/c1-12-8-4-5-15(7-8)11(16)9-6-10(17-3)14(2)13-9/h6,8,12H,4-5,7H2,1-3H3. The Balaban J connectivity index is 2.09. The number of likely N-dealkylation sites (tertiary alicyclic amines) is 1. The van der Waals surface area contributed by atoms with Gasteiger partial charge in [-0.3, -0.25) is 4.79 Å². The molecule has 1 amide bonds. The third kappa shape index (κ3) is 2.26. The molecule has 17 heavy (non-hydrogen) atoms. The number of carbonyl (C=O) groups excluding carboxylic acids is 1. The molecule has 1 N–H and O–H groups in total. The van der Waals surface area contributed by atoms with E-state index in [2.05, 4.69) is 10.4 Å². The van der Waals surface area contributed by atoms with Crippen LogP contribution in [0.2, 0.25) is 0 Å². The molecule has 6 heteroatoms. The third-order valence-corrected chi connectivity index (χ3v) is 3.15. The van der Waals surface area contributed by atoms with Gasteiger partial charge < -0.3 is 15.0 Å². The molecule has 0 radical (unpaired) electrons. The molecule has 0 aromatic carbocycles. The summed E-state index contributed by atoms with van der Waals surface area (Å²) in [7, 11) is 5.25. The van der Waals surface area contributed by atoms with Crippen LogP contribution in [0.4, 0.5) is 0 Å². The molecule has 1 aliphatic heterocycles. The van der Waals surface area contributed by atoms with Crippen LogP contribution in [-0.2, 0) is 7.05 Å². The zero-order chi connectivity index (χ0) is 12.4. The van der Waals surface area contributed by atoms with Crippen molar-refractivity contribution in [3.05, 3.63) is 11.8 Å². The van der Waals surface area contributed by atoms with Crippen molar-refractivity contribution in [2.75, 3.05) is 27.2 Å². The molecule has 1 atom stereocenters. The fraction of sp³-hybridized carbons (Fsp3) is 0.636. The zero-order valence-corrected chi connectivity index (χ0v) is 10.4. The average molecular weight is 238 g/mol. The van der Waals surface area contributed by atoms with Gasteiger partial charge in [-0.25, -0.2) is 4.68 Å². The van der Waals surface area contributed by atoms with Crippen molar-refractivity contribution in [2.24, 2.45) is 7.05 Å². The minimum absolute atomic E-state index is 0.0262. The average Bonchev–Trinajstić information content (AvgIpc) is 2.94. The molecular weight excluding hydrogens is 220 g/mol. The Morgan fingerprint density at radius 1 is 1.65 bits per heavy atom. The number of nitrogens with zero attached hydrogens (tertiary/aromatic N) is 3. The highest BCUT2D eigenvalue weighted by molar-refractivity contribution is 5.92. The Morgan fingerprint density at radius 2 is 2.41 bits per heavy atom. The number of amides is 1. The van der Waals surface area contributed by atoms with Gasteiger partial charge >= 0.3 is 0 Å². The van der Waals surface area contributed by atoms with Crippen LogP contribution in [0.25, 0.3) is 0 Å². The second-order valence-electron chi connectivity index (χ2n) is 4.22. The molecule has 1 unspecified atom stereocenters. The van der Waals surface area contributed by atoms with Gasteiger partial charge in [-0.1, -0.05) is 0 Å². The highest BCUT2D eigenvalue weighted by atomic mass is 16.5. The van der Waals surface area contributed by atoms with Gasteiger partial charge in [-0.15, -0.1) is 0 Å². The molecule has 1 saturated heterocycles. The van der Waals surface area contributed by atoms with E-state index in [-0.39, 0.29) is 5.91 Å². The second-order valence-corrected chi connectivity index (χ2v) is 4.22. The van der Waals surface area contributed by atoms with Crippen molar-refractivity contribution < 1.29 is 9.53 Å². The largest absolute Gasteiger partial charge is 0.481 e. The van der Waals surface area contributed by atoms with E-state index in [4.69, 9.17) is 4.74 Å². The quantitative estimate of drug-likeness (QED) is 0.796. The van der Waals surface area contributed by atoms with Gasteiger partial charge in [0, 0.05) is 32.2 Å². The first-order valence-corrected chi connectivity index (χ1v) is 5.70. The number of carbonyl (C=O) groups is 1. The number of likely N-dealkylation sites (N-methyl/N-ethyl adjacent to an activating group) is 1. The van der Waals surface area contributed by atoms with E-state index in [1.807, 2.05) is 11.9 Å². The lowest BCUT2D eigenvalue weighted by molar-refractivity contribution is 0.0783. The van der Waals surface area contributed by atoms with Crippen molar-refractivity contribution in [3.63, 3.8) is 0 Å². The van der Waals surface area contributed by atoms with Gasteiger partial charge in [0.25, 0.3) is 5.91 Å². The fourth-order valence-electron chi connectivity index (χ4n) is 2.09. The summed E-state index contributed by atoms with van der Waals surface area (Å²) in [4.78, 5) is 14.0. The number of hydrogen-bond acceptors (Lipinski definition) is 4. The van der Waals surface area contributed by atoms with Crippen LogP contribution in [0, 0.1) is 0 Å². The molecule has 94 valence electrons. The summed E-state index contributed by atoms with van der Waals surface area (Å²) in [5.41, 5.74) is 0.445. The Bertz CT molecular complexity index is 416. The van der Waals surface area contributed by atoms with Crippen molar-refractivity contribution in [2.45, 2.75) is 12.5 Å². The smallest absolute Gasteiger partial charge is 0.274 e. The van der Waals surface area contributed by atoms with E-state index in [0.717, 1.165) is 19.5 Å². The number of aromatic nitrogens is 2. The topological polar surface area (TPSA) is 59.4 Å². The van der Waals surface area contributed by atoms with Gasteiger partial charge in [0.05, 0.1) is 7.11 Å². The first-order valence-electron chi connectivity index (χ1n) is 5.70. The van der Waals surface area contributed by atoms with Gasteiger partial charge in [0.2, 0.25) is 5.88 Å². The molecule has 0 spiro atoms. The molecule has 2 heterocycles. The molecule has 1 fully saturated rings. The van der Waals surface area contributed by atoms with E-state index in [0.29, 0.717) is 17.6 Å². The predicted molar refractivity (Wildman–Crippen MR) is 63.1 cm³/mol. The summed E-state index contributed by atoms with van der Waals surface area (Å²) >= 11 is 0. The number of hydrogen-bond donors (Lipinski definition) is 1. The summed E-state index contributed by atoms with van der Waals surface area (Å²) in [5.74, 6) is 0.569. The lowest BCUT2D eigenvalue weighted by atomic mass is 10.3. The van der Waals surface area contributed by atoms with E-state index in [1.54, 1.807) is 24.9 Å². The Morgan fingerprint density at radius 3 is 2.94 bits per heavy atom. The maximum absolute atomic E-state index is 12.2. The van der Waals surface area contributed by atoms with Crippen LogP contribution in [-0.4, -0.2) is 53.9 Å². The van der Waals surface area contributed by atoms with Crippen LogP contribution in [0.5, 0.6) is 5.88 Å². The van der Waals surface area contributed by atoms with E-state index < -0.39 is 0 Å². The van der Waals surface area contributed by atoms with Crippen molar-refractivity contribution in [1.82, 2.24) is 20.0 Å². The van der Waals surface area contributed by atoms with Crippen molar-refractivity contribution in [1.29, 1.82) is 0 Å². The first-order chi connectivity index (χ1) is 8.15. The number of aryl methyl sites for hydroxylation is 1. The van der Waals surface area contributed by atoms with E-state index in [1.165, 1.54) is 0 Å². The minimum Gasteiger partial charge on any atom is -0.481 e. The van der Waals surface area contributed by atoms with Crippen LogP contribution >= 0.6 is 0 Å². The van der Waals surface area contributed by atoms with Crippen LogP contribution in [0.3, 0.4) is 0 Å². The monoisotopic (exact) mass is 238 g/mol. The Kier molecular flexibility index (Phi) is 3.33. The van der Waals surface area contributed by atoms with Gasteiger partial charge in [0.15, 0.2) is 5.69 Å². The summed E-state index contributed by atoms with van der Waals surface area (Å²) in [5, 5.41) is 7.34. The molecule has 0 aliphatic carbocycles.